The van der Waals surface area contributed by atoms with Crippen LogP contribution in [-0.4, -0.2) is 4.98 Å². The highest BCUT2D eigenvalue weighted by molar-refractivity contribution is 7.11. The molecule has 1 heterocycles. The summed E-state index contributed by atoms with van der Waals surface area (Å²) in [4.78, 5) is 5.28. The van der Waals surface area contributed by atoms with Crippen molar-refractivity contribution >= 4 is 28.6 Å². The Balaban J connectivity index is 2.16. The van der Waals surface area contributed by atoms with E-state index in [9.17, 15) is 13.2 Å². The molecule has 0 amide bonds. The van der Waals surface area contributed by atoms with Crippen LogP contribution in [0.1, 0.15) is 21.1 Å². The Morgan fingerprint density at radius 1 is 1.30 bits per heavy atom. The number of hydrogen-bond acceptors (Lipinski definition) is 3. The number of thiazole rings is 1. The third-order valence-corrected chi connectivity index (χ3v) is 4.13. The van der Waals surface area contributed by atoms with Crippen LogP contribution in [-0.2, 0) is 12.7 Å². The summed E-state index contributed by atoms with van der Waals surface area (Å²) in [6.45, 7) is 4.21. The lowest BCUT2D eigenvalue weighted by Gasteiger charge is -2.12. The summed E-state index contributed by atoms with van der Waals surface area (Å²) in [5, 5.41) is 3.60. The molecule has 0 fully saturated rings. The predicted octanol–water partition coefficient (Wildman–Crippen LogP) is 5.04. The first kappa shape index (κ1) is 15.1. The molecular formula is C13H12ClF3N2S. The zero-order valence-electron chi connectivity index (χ0n) is 10.8. The molecule has 1 aromatic heterocycles. The molecular weight excluding hydrogens is 309 g/mol. The molecule has 0 saturated carbocycles. The Kier molecular flexibility index (Phi) is 4.25. The number of benzene rings is 1. The first-order valence-electron chi connectivity index (χ1n) is 5.81. The van der Waals surface area contributed by atoms with Gasteiger partial charge in [-0.25, -0.2) is 4.98 Å². The molecule has 0 atom stereocenters. The molecule has 7 heteroatoms. The van der Waals surface area contributed by atoms with E-state index < -0.39 is 11.7 Å². The second-order valence-electron chi connectivity index (χ2n) is 4.29. The normalized spacial score (nSPS) is 11.7. The van der Waals surface area contributed by atoms with E-state index in [0.29, 0.717) is 12.2 Å². The largest absolute Gasteiger partial charge is 0.417 e. The highest BCUT2D eigenvalue weighted by Gasteiger charge is 2.33. The van der Waals surface area contributed by atoms with Gasteiger partial charge in [-0.05, 0) is 32.0 Å². The van der Waals surface area contributed by atoms with Gasteiger partial charge >= 0.3 is 6.18 Å². The van der Waals surface area contributed by atoms with E-state index in [1.807, 2.05) is 13.8 Å². The van der Waals surface area contributed by atoms with Gasteiger partial charge in [0, 0.05) is 10.6 Å². The molecule has 108 valence electrons. The molecule has 1 aromatic carbocycles. The molecule has 2 nitrogen and oxygen atoms in total. The maximum absolute atomic E-state index is 12.7. The van der Waals surface area contributed by atoms with Gasteiger partial charge in [0.25, 0.3) is 0 Å². The average Bonchev–Trinajstić information content (AvgIpc) is 2.65. The van der Waals surface area contributed by atoms with Crippen LogP contribution in [0.2, 0.25) is 5.02 Å². The highest BCUT2D eigenvalue weighted by Crippen LogP contribution is 2.36. The number of aromatic nitrogens is 1. The van der Waals surface area contributed by atoms with Crippen LogP contribution in [0.5, 0.6) is 0 Å². The maximum atomic E-state index is 12.7. The van der Waals surface area contributed by atoms with Crippen molar-refractivity contribution in [1.82, 2.24) is 4.98 Å². The summed E-state index contributed by atoms with van der Waals surface area (Å²) in [6.07, 6.45) is -4.45. The van der Waals surface area contributed by atoms with Crippen molar-refractivity contribution in [2.24, 2.45) is 0 Å². The van der Waals surface area contributed by atoms with Crippen LogP contribution in [0.3, 0.4) is 0 Å². The van der Waals surface area contributed by atoms with Crippen molar-refractivity contribution in [2.45, 2.75) is 26.6 Å². The fraction of sp³-hybridized carbons (Fsp3) is 0.308. The lowest BCUT2D eigenvalue weighted by molar-refractivity contribution is -0.137. The van der Waals surface area contributed by atoms with E-state index >= 15 is 0 Å². The van der Waals surface area contributed by atoms with Crippen LogP contribution < -0.4 is 5.32 Å². The molecule has 0 aliphatic carbocycles. The number of hydrogen-bond donors (Lipinski definition) is 1. The van der Waals surface area contributed by atoms with Crippen LogP contribution in [0.25, 0.3) is 0 Å². The van der Waals surface area contributed by atoms with Gasteiger partial charge in [-0.1, -0.05) is 11.6 Å². The number of rotatable bonds is 3. The zero-order valence-corrected chi connectivity index (χ0v) is 12.4. The second-order valence-corrected chi connectivity index (χ2v) is 5.98. The minimum Gasteiger partial charge on any atom is -0.380 e. The van der Waals surface area contributed by atoms with E-state index in [1.165, 1.54) is 23.5 Å². The van der Waals surface area contributed by atoms with Crippen LogP contribution in [0.15, 0.2) is 18.2 Å². The third kappa shape index (κ3) is 3.43. The van der Waals surface area contributed by atoms with E-state index in [4.69, 9.17) is 11.6 Å². The number of anilines is 1. The van der Waals surface area contributed by atoms with Crippen LogP contribution in [0, 0.1) is 13.8 Å². The lowest BCUT2D eigenvalue weighted by Crippen LogP contribution is -2.07. The lowest BCUT2D eigenvalue weighted by atomic mass is 10.2. The first-order chi connectivity index (χ1) is 9.27. The fourth-order valence-corrected chi connectivity index (χ4v) is 2.87. The quantitative estimate of drug-likeness (QED) is 0.856. The Morgan fingerprint density at radius 3 is 2.55 bits per heavy atom. The summed E-state index contributed by atoms with van der Waals surface area (Å²) in [7, 11) is 0. The Bertz CT molecular complexity index is 623. The monoisotopic (exact) mass is 320 g/mol. The van der Waals surface area contributed by atoms with Gasteiger partial charge in [0.2, 0.25) is 0 Å². The van der Waals surface area contributed by atoms with Gasteiger partial charge in [-0.15, -0.1) is 11.3 Å². The van der Waals surface area contributed by atoms with Gasteiger partial charge in [0.15, 0.2) is 0 Å². The van der Waals surface area contributed by atoms with Crippen molar-refractivity contribution in [3.05, 3.63) is 44.4 Å². The van der Waals surface area contributed by atoms with Crippen molar-refractivity contribution in [2.75, 3.05) is 5.32 Å². The summed E-state index contributed by atoms with van der Waals surface area (Å²) in [6, 6.07) is 3.80. The standard InChI is InChI=1S/C13H12ClF3N2S/c1-7-12(20-8(2)19-7)6-18-9-3-4-11(14)10(5-9)13(15,16)17/h3-5,18H,6H2,1-2H3. The second kappa shape index (κ2) is 5.61. The van der Waals surface area contributed by atoms with Gasteiger partial charge in [0.05, 0.1) is 27.8 Å². The number of nitrogens with zero attached hydrogens (tertiary/aromatic N) is 1. The number of nitrogens with one attached hydrogen (secondary N) is 1. The van der Waals surface area contributed by atoms with E-state index in [-0.39, 0.29) is 5.02 Å². The molecule has 0 unspecified atom stereocenters. The minimum absolute atomic E-state index is 0.298. The molecule has 0 aliphatic rings. The molecule has 0 spiro atoms. The van der Waals surface area contributed by atoms with Crippen molar-refractivity contribution in [3.63, 3.8) is 0 Å². The highest BCUT2D eigenvalue weighted by atomic mass is 35.5. The number of alkyl halides is 3. The maximum Gasteiger partial charge on any atom is 0.417 e. The SMILES string of the molecule is Cc1nc(C)c(CNc2ccc(Cl)c(C(F)(F)F)c2)s1. The molecule has 20 heavy (non-hydrogen) atoms. The van der Waals surface area contributed by atoms with Crippen LogP contribution >= 0.6 is 22.9 Å². The van der Waals surface area contributed by atoms with E-state index in [1.54, 1.807) is 0 Å². The Morgan fingerprint density at radius 2 is 2.00 bits per heavy atom. The summed E-state index contributed by atoms with van der Waals surface area (Å²) in [5.41, 5.74) is 0.443. The van der Waals surface area contributed by atoms with Gasteiger partial charge in [0.1, 0.15) is 0 Å². The van der Waals surface area contributed by atoms with E-state index in [0.717, 1.165) is 21.6 Å². The van der Waals surface area contributed by atoms with Crippen molar-refractivity contribution in [1.29, 1.82) is 0 Å². The molecule has 1 N–H and O–H groups in total. The van der Waals surface area contributed by atoms with Gasteiger partial charge < -0.3 is 5.32 Å². The molecule has 2 aromatic rings. The number of aryl methyl sites for hydroxylation is 2. The molecule has 0 bridgehead atoms. The zero-order chi connectivity index (χ0) is 14.9. The molecule has 0 saturated heterocycles. The van der Waals surface area contributed by atoms with Gasteiger partial charge in [-0.2, -0.15) is 13.2 Å². The van der Waals surface area contributed by atoms with Gasteiger partial charge in [-0.3, -0.25) is 0 Å². The molecule has 0 aliphatic heterocycles. The van der Waals surface area contributed by atoms with Crippen LogP contribution in [0.4, 0.5) is 18.9 Å². The Labute approximate surface area is 123 Å². The van der Waals surface area contributed by atoms with Crippen molar-refractivity contribution < 1.29 is 13.2 Å². The molecule has 0 radical (unpaired) electrons. The smallest absolute Gasteiger partial charge is 0.380 e. The predicted molar refractivity (Wildman–Crippen MR) is 75.4 cm³/mol. The Hall–Kier alpha value is -1.27. The summed E-state index contributed by atoms with van der Waals surface area (Å²) >= 11 is 7.10. The first-order valence-corrected chi connectivity index (χ1v) is 7.00. The molecule has 2 rings (SSSR count). The summed E-state index contributed by atoms with van der Waals surface area (Å²) < 4.78 is 38.2. The van der Waals surface area contributed by atoms with E-state index in [2.05, 4.69) is 10.3 Å². The average molecular weight is 321 g/mol. The topological polar surface area (TPSA) is 24.9 Å². The minimum atomic E-state index is -4.45. The third-order valence-electron chi connectivity index (χ3n) is 2.72. The summed E-state index contributed by atoms with van der Waals surface area (Å²) in [5.74, 6) is 0. The van der Waals surface area contributed by atoms with Crippen molar-refractivity contribution in [3.8, 4) is 0 Å². The number of halogens is 4. The fourth-order valence-electron chi connectivity index (χ4n) is 1.77.